The van der Waals surface area contributed by atoms with Gasteiger partial charge in [-0.25, -0.2) is 9.18 Å². The van der Waals surface area contributed by atoms with E-state index in [9.17, 15) is 18.8 Å². The standard InChI is InChI=1S/C29H40FN3O4Si/c1-19(22-10-8-9-11-23(22)30)32(16-20-12-14-21(15-13-20)28(36)37-5)26(34)24-17-38(6,7)18-33(24)27(35)25(31)29(2,3)4/h8-15,19,24-25H,16-18,31H2,1-7H3. The molecule has 206 valence electrons. The maximum absolute atomic E-state index is 14.9. The SMILES string of the molecule is COC(=O)c1ccc(CN(C(=O)C2C[Si](C)(C)CN2C(=O)C(N)C(C)(C)C)C(C)c2ccccc2F)cc1. The summed E-state index contributed by atoms with van der Waals surface area (Å²) in [5.74, 6) is -1.31. The Balaban J connectivity index is 2.00. The molecular weight excluding hydrogens is 501 g/mol. The quantitative estimate of drug-likeness (QED) is 0.411. The molecule has 3 rings (SSSR count). The van der Waals surface area contributed by atoms with Crippen LogP contribution >= 0.6 is 0 Å². The van der Waals surface area contributed by atoms with Crippen LogP contribution in [0.4, 0.5) is 4.39 Å². The first kappa shape index (κ1) is 29.5. The number of benzene rings is 2. The fourth-order valence-corrected chi connectivity index (χ4v) is 7.78. The van der Waals surface area contributed by atoms with Gasteiger partial charge in [0.25, 0.3) is 0 Å². The molecule has 0 spiro atoms. The second-order valence-electron chi connectivity index (χ2n) is 12.0. The highest BCUT2D eigenvalue weighted by atomic mass is 28.3. The van der Waals surface area contributed by atoms with E-state index in [1.54, 1.807) is 59.2 Å². The van der Waals surface area contributed by atoms with E-state index in [0.29, 0.717) is 23.3 Å². The van der Waals surface area contributed by atoms with Crippen molar-refractivity contribution in [1.29, 1.82) is 0 Å². The van der Waals surface area contributed by atoms with Crippen molar-refractivity contribution in [2.24, 2.45) is 11.1 Å². The second-order valence-corrected chi connectivity index (χ2v) is 17.1. The molecule has 38 heavy (non-hydrogen) atoms. The third-order valence-electron chi connectivity index (χ3n) is 7.32. The molecule has 2 aromatic carbocycles. The van der Waals surface area contributed by atoms with Crippen LogP contribution in [-0.4, -0.2) is 61.0 Å². The highest BCUT2D eigenvalue weighted by molar-refractivity contribution is 6.79. The van der Waals surface area contributed by atoms with Crippen LogP contribution < -0.4 is 5.73 Å². The molecular formula is C29H40FN3O4Si. The Kier molecular flexibility index (Phi) is 8.83. The molecule has 0 aromatic heterocycles. The second kappa shape index (κ2) is 11.4. The Hall–Kier alpha value is -3.04. The van der Waals surface area contributed by atoms with Crippen molar-refractivity contribution in [3.63, 3.8) is 0 Å². The highest BCUT2D eigenvalue weighted by Crippen LogP contribution is 2.34. The molecule has 0 aliphatic carbocycles. The number of ether oxygens (including phenoxy) is 1. The number of nitrogens with two attached hydrogens (primary N) is 1. The first-order chi connectivity index (χ1) is 17.7. The lowest BCUT2D eigenvalue weighted by molar-refractivity contribution is -0.147. The van der Waals surface area contributed by atoms with E-state index in [0.717, 1.165) is 5.56 Å². The first-order valence-electron chi connectivity index (χ1n) is 12.9. The number of carbonyl (C=O) groups excluding carboxylic acids is 3. The molecule has 1 saturated heterocycles. The summed E-state index contributed by atoms with van der Waals surface area (Å²) in [6, 6.07) is 11.8. The molecule has 0 saturated carbocycles. The Bertz CT molecular complexity index is 1180. The van der Waals surface area contributed by atoms with Gasteiger partial charge in [0.2, 0.25) is 11.8 Å². The maximum atomic E-state index is 14.9. The van der Waals surface area contributed by atoms with Crippen molar-refractivity contribution < 1.29 is 23.5 Å². The van der Waals surface area contributed by atoms with Crippen LogP contribution in [0.15, 0.2) is 48.5 Å². The predicted octanol–water partition coefficient (Wildman–Crippen LogP) is 4.53. The number of halogens is 1. The smallest absolute Gasteiger partial charge is 0.337 e. The van der Waals surface area contributed by atoms with Crippen LogP contribution in [0.25, 0.3) is 0 Å². The molecule has 1 fully saturated rings. The van der Waals surface area contributed by atoms with Gasteiger partial charge in [-0.05, 0) is 42.1 Å². The average Bonchev–Trinajstić information content (AvgIpc) is 3.20. The van der Waals surface area contributed by atoms with Crippen LogP contribution in [0.5, 0.6) is 0 Å². The molecule has 2 amide bonds. The van der Waals surface area contributed by atoms with Gasteiger partial charge >= 0.3 is 5.97 Å². The summed E-state index contributed by atoms with van der Waals surface area (Å²) in [4.78, 5) is 43.0. The molecule has 1 aliphatic rings. The van der Waals surface area contributed by atoms with Crippen molar-refractivity contribution >= 4 is 25.9 Å². The van der Waals surface area contributed by atoms with Gasteiger partial charge in [-0.2, -0.15) is 0 Å². The topological polar surface area (TPSA) is 92.9 Å². The molecule has 0 radical (unpaired) electrons. The van der Waals surface area contributed by atoms with Gasteiger partial charge in [0.15, 0.2) is 0 Å². The third-order valence-corrected chi connectivity index (χ3v) is 10.0. The van der Waals surface area contributed by atoms with Crippen LogP contribution in [0.3, 0.4) is 0 Å². The summed E-state index contributed by atoms with van der Waals surface area (Å²) in [7, 11) is -0.590. The van der Waals surface area contributed by atoms with Gasteiger partial charge in [-0.1, -0.05) is 64.2 Å². The van der Waals surface area contributed by atoms with Crippen LogP contribution in [0.2, 0.25) is 19.1 Å². The van der Waals surface area contributed by atoms with E-state index in [1.807, 2.05) is 20.8 Å². The molecule has 1 heterocycles. The van der Waals surface area contributed by atoms with Gasteiger partial charge in [0.05, 0.1) is 32.8 Å². The molecule has 2 N–H and O–H groups in total. The molecule has 3 atom stereocenters. The molecule has 7 nitrogen and oxygen atoms in total. The minimum absolute atomic E-state index is 0.182. The molecule has 0 bridgehead atoms. The average molecular weight is 542 g/mol. The zero-order valence-corrected chi connectivity index (χ0v) is 24.5. The lowest BCUT2D eigenvalue weighted by Gasteiger charge is -2.37. The third kappa shape index (κ3) is 6.50. The number of hydrogen-bond acceptors (Lipinski definition) is 5. The number of amides is 2. The minimum Gasteiger partial charge on any atom is -0.465 e. The zero-order chi connectivity index (χ0) is 28.4. The van der Waals surface area contributed by atoms with Crippen LogP contribution in [-0.2, 0) is 20.9 Å². The van der Waals surface area contributed by atoms with Gasteiger partial charge in [-0.3, -0.25) is 9.59 Å². The predicted molar refractivity (Wildman–Crippen MR) is 148 cm³/mol. The molecule has 9 heteroatoms. The largest absolute Gasteiger partial charge is 0.465 e. The number of nitrogens with zero attached hydrogens (tertiary/aromatic N) is 2. The van der Waals surface area contributed by atoms with E-state index in [4.69, 9.17) is 10.5 Å². The lowest BCUT2D eigenvalue weighted by atomic mass is 9.86. The van der Waals surface area contributed by atoms with E-state index in [2.05, 4.69) is 13.1 Å². The summed E-state index contributed by atoms with van der Waals surface area (Å²) in [6.07, 6.45) is 0.543. The van der Waals surface area contributed by atoms with E-state index >= 15 is 0 Å². The minimum atomic E-state index is -1.91. The number of rotatable bonds is 7. The van der Waals surface area contributed by atoms with Crippen LogP contribution in [0.1, 0.15) is 55.2 Å². The van der Waals surface area contributed by atoms with Gasteiger partial charge in [-0.15, -0.1) is 0 Å². The van der Waals surface area contributed by atoms with E-state index < -0.39 is 43.4 Å². The van der Waals surface area contributed by atoms with Gasteiger partial charge < -0.3 is 20.3 Å². The summed E-state index contributed by atoms with van der Waals surface area (Å²) < 4.78 is 19.6. The Morgan fingerprint density at radius 1 is 1.13 bits per heavy atom. The number of hydrogen-bond donors (Lipinski definition) is 1. The van der Waals surface area contributed by atoms with Crippen molar-refractivity contribution in [2.45, 2.75) is 71.5 Å². The lowest BCUT2D eigenvalue weighted by Crippen LogP contribution is -2.55. The zero-order valence-electron chi connectivity index (χ0n) is 23.5. The molecule has 1 aliphatic heterocycles. The van der Waals surface area contributed by atoms with Crippen molar-refractivity contribution in [1.82, 2.24) is 9.80 Å². The number of carbonyl (C=O) groups is 3. The fraction of sp³-hybridized carbons (Fsp3) is 0.483. The van der Waals surface area contributed by atoms with Crippen molar-refractivity contribution in [2.75, 3.05) is 13.3 Å². The van der Waals surface area contributed by atoms with Crippen LogP contribution in [0, 0.1) is 11.2 Å². The molecule has 3 unspecified atom stereocenters. The number of methoxy groups -OCH3 is 1. The summed E-state index contributed by atoms with van der Waals surface area (Å²) in [5.41, 5.74) is 7.46. The van der Waals surface area contributed by atoms with Gasteiger partial charge in [0, 0.05) is 18.3 Å². The summed E-state index contributed by atoms with van der Waals surface area (Å²) in [6.45, 7) is 12.0. The van der Waals surface area contributed by atoms with Crippen molar-refractivity contribution in [3.8, 4) is 0 Å². The highest BCUT2D eigenvalue weighted by Gasteiger charge is 2.48. The van der Waals surface area contributed by atoms with Gasteiger partial charge in [0.1, 0.15) is 11.9 Å². The summed E-state index contributed by atoms with van der Waals surface area (Å²) in [5, 5.41) is 0. The van der Waals surface area contributed by atoms with Crippen molar-refractivity contribution in [3.05, 3.63) is 71.0 Å². The molecule has 2 aromatic rings. The Labute approximate surface area is 226 Å². The maximum Gasteiger partial charge on any atom is 0.337 e. The monoisotopic (exact) mass is 541 g/mol. The first-order valence-corrected chi connectivity index (χ1v) is 16.4. The van der Waals surface area contributed by atoms with E-state index in [-0.39, 0.29) is 18.4 Å². The Morgan fingerprint density at radius 2 is 1.74 bits per heavy atom. The Morgan fingerprint density at radius 3 is 2.29 bits per heavy atom. The normalized spacial score (nSPS) is 18.6. The summed E-state index contributed by atoms with van der Waals surface area (Å²) >= 11 is 0. The fourth-order valence-electron chi connectivity index (χ4n) is 4.91. The van der Waals surface area contributed by atoms with E-state index in [1.165, 1.54) is 13.2 Å². The number of esters is 1.